The molecular formula is C29H32F2N4O8. The number of halogens is 2. The van der Waals surface area contributed by atoms with Crippen molar-refractivity contribution in [2.75, 3.05) is 13.2 Å². The van der Waals surface area contributed by atoms with E-state index in [1.165, 1.54) is 62.4 Å². The van der Waals surface area contributed by atoms with Crippen molar-refractivity contribution in [2.45, 2.75) is 45.3 Å². The van der Waals surface area contributed by atoms with Gasteiger partial charge < -0.3 is 29.9 Å². The number of carboxylic acid groups (broad SMARTS) is 2. The lowest BCUT2D eigenvalue weighted by Gasteiger charge is -2.21. The molecule has 0 bridgehead atoms. The zero-order valence-electron chi connectivity index (χ0n) is 23.9. The summed E-state index contributed by atoms with van der Waals surface area (Å²) in [5.74, 6) is -3.53. The van der Waals surface area contributed by atoms with E-state index in [4.69, 9.17) is 19.7 Å². The molecule has 2 heterocycles. The summed E-state index contributed by atoms with van der Waals surface area (Å²) in [6.45, 7) is 6.30. The maximum absolute atomic E-state index is 13.9. The third-order valence-electron chi connectivity index (χ3n) is 5.82. The Labute approximate surface area is 245 Å². The van der Waals surface area contributed by atoms with E-state index in [1.54, 1.807) is 26.0 Å². The van der Waals surface area contributed by atoms with Crippen LogP contribution >= 0.6 is 0 Å². The largest absolute Gasteiger partial charge is 0.476 e. The second-order valence-corrected chi connectivity index (χ2v) is 10.3. The third kappa shape index (κ3) is 8.83. The lowest BCUT2D eigenvalue weighted by molar-refractivity contribution is 0.00620. The number of hydrogen-bond acceptors (Lipinski definition) is 8. The zero-order chi connectivity index (χ0) is 31.9. The molecule has 0 aliphatic rings. The van der Waals surface area contributed by atoms with Crippen LogP contribution in [0.3, 0.4) is 0 Å². The van der Waals surface area contributed by atoms with Crippen LogP contribution in [0.1, 0.15) is 55.1 Å². The molecule has 4 aromatic rings. The SMILES string of the molecule is CC(C)(O)COc1cc(C(=O)O)nn1-c1ccccc1F.CCC(C)(O)COc1cc(C(=O)O)nn1-c1ccccc1F. The summed E-state index contributed by atoms with van der Waals surface area (Å²) in [7, 11) is 0. The molecule has 43 heavy (non-hydrogen) atoms. The Balaban J connectivity index is 0.000000236. The normalized spacial score (nSPS) is 12.6. The molecule has 2 aromatic carbocycles. The fraction of sp³-hybridized carbons (Fsp3) is 0.310. The monoisotopic (exact) mass is 602 g/mol. The molecule has 4 rings (SSSR count). The molecule has 2 aromatic heterocycles. The molecule has 0 spiro atoms. The van der Waals surface area contributed by atoms with Gasteiger partial charge in [0.25, 0.3) is 0 Å². The van der Waals surface area contributed by atoms with Crippen molar-refractivity contribution < 1.29 is 48.3 Å². The van der Waals surface area contributed by atoms with Crippen molar-refractivity contribution in [1.82, 2.24) is 19.6 Å². The van der Waals surface area contributed by atoms with Gasteiger partial charge in [0, 0.05) is 12.1 Å². The summed E-state index contributed by atoms with van der Waals surface area (Å²) in [5.41, 5.74) is -2.60. The van der Waals surface area contributed by atoms with Gasteiger partial charge in [0.2, 0.25) is 11.8 Å². The average Bonchev–Trinajstić information content (AvgIpc) is 3.57. The van der Waals surface area contributed by atoms with Gasteiger partial charge in [-0.1, -0.05) is 31.2 Å². The number of aromatic nitrogens is 4. The molecular weight excluding hydrogens is 570 g/mol. The molecule has 12 nitrogen and oxygen atoms in total. The number of ether oxygens (including phenoxy) is 2. The number of nitrogens with zero attached hydrogens (tertiary/aromatic N) is 4. The minimum absolute atomic E-state index is 0.0413. The smallest absolute Gasteiger partial charge is 0.356 e. The van der Waals surface area contributed by atoms with Gasteiger partial charge in [-0.15, -0.1) is 0 Å². The fourth-order valence-electron chi connectivity index (χ4n) is 3.32. The number of para-hydroxylation sites is 2. The molecule has 0 amide bonds. The van der Waals surface area contributed by atoms with Crippen LogP contribution in [0.15, 0.2) is 60.7 Å². The maximum Gasteiger partial charge on any atom is 0.356 e. The second kappa shape index (κ2) is 13.4. The van der Waals surface area contributed by atoms with E-state index in [0.29, 0.717) is 6.42 Å². The van der Waals surface area contributed by atoms with Crippen molar-refractivity contribution in [2.24, 2.45) is 0 Å². The first-order valence-electron chi connectivity index (χ1n) is 13.0. The van der Waals surface area contributed by atoms with Gasteiger partial charge >= 0.3 is 11.9 Å². The highest BCUT2D eigenvalue weighted by atomic mass is 19.1. The van der Waals surface area contributed by atoms with Gasteiger partial charge in [0.15, 0.2) is 11.4 Å². The molecule has 0 radical (unpaired) electrons. The van der Waals surface area contributed by atoms with Gasteiger partial charge in [-0.2, -0.15) is 19.6 Å². The first-order chi connectivity index (χ1) is 20.1. The summed E-state index contributed by atoms with van der Waals surface area (Å²) < 4.78 is 40.7. The lowest BCUT2D eigenvalue weighted by atomic mass is 10.1. The minimum Gasteiger partial charge on any atom is -0.476 e. The molecule has 1 unspecified atom stereocenters. The first kappa shape index (κ1) is 32.7. The Morgan fingerprint density at radius 1 is 0.767 bits per heavy atom. The third-order valence-corrected chi connectivity index (χ3v) is 5.82. The Bertz CT molecular complexity index is 1580. The van der Waals surface area contributed by atoms with Crippen LogP contribution in [0.4, 0.5) is 8.78 Å². The van der Waals surface area contributed by atoms with Crippen LogP contribution < -0.4 is 9.47 Å². The molecule has 4 N–H and O–H groups in total. The van der Waals surface area contributed by atoms with E-state index in [0.717, 1.165) is 9.36 Å². The van der Waals surface area contributed by atoms with E-state index in [-0.39, 0.29) is 47.7 Å². The highest BCUT2D eigenvalue weighted by Gasteiger charge is 2.23. The maximum atomic E-state index is 13.9. The number of carbonyl (C=O) groups is 2. The van der Waals surface area contributed by atoms with Crippen LogP contribution in [0, 0.1) is 11.6 Å². The Morgan fingerprint density at radius 2 is 1.16 bits per heavy atom. The number of hydrogen-bond donors (Lipinski definition) is 4. The van der Waals surface area contributed by atoms with Crippen molar-refractivity contribution in [3.8, 4) is 23.1 Å². The Hall–Kier alpha value is -4.82. The van der Waals surface area contributed by atoms with Gasteiger partial charge in [-0.25, -0.2) is 18.4 Å². The van der Waals surface area contributed by atoms with Gasteiger partial charge in [0.05, 0.1) is 11.2 Å². The molecule has 0 fully saturated rings. The minimum atomic E-state index is -1.25. The lowest BCUT2D eigenvalue weighted by Crippen LogP contribution is -2.31. The Kier molecular flexibility index (Phi) is 10.2. The van der Waals surface area contributed by atoms with E-state index >= 15 is 0 Å². The number of carboxylic acids is 2. The Morgan fingerprint density at radius 3 is 1.51 bits per heavy atom. The van der Waals surface area contributed by atoms with E-state index in [9.17, 15) is 28.6 Å². The highest BCUT2D eigenvalue weighted by Crippen LogP contribution is 2.24. The van der Waals surface area contributed by atoms with Gasteiger partial charge in [-0.05, 0) is 51.5 Å². The number of aliphatic hydroxyl groups is 2. The quantitative estimate of drug-likeness (QED) is 0.196. The van der Waals surface area contributed by atoms with Crippen molar-refractivity contribution in [1.29, 1.82) is 0 Å². The predicted octanol–water partition coefficient (Wildman–Crippen LogP) is 4.11. The van der Waals surface area contributed by atoms with E-state index in [1.807, 2.05) is 0 Å². The molecule has 14 heteroatoms. The van der Waals surface area contributed by atoms with E-state index in [2.05, 4.69) is 10.2 Å². The summed E-state index contributed by atoms with van der Waals surface area (Å²) in [5, 5.41) is 45.3. The van der Waals surface area contributed by atoms with Crippen LogP contribution in [-0.4, -0.2) is 76.3 Å². The van der Waals surface area contributed by atoms with E-state index < -0.39 is 34.8 Å². The number of rotatable bonds is 11. The molecule has 1 atom stereocenters. The summed E-state index contributed by atoms with van der Waals surface area (Å²) in [6, 6.07) is 14.0. The summed E-state index contributed by atoms with van der Waals surface area (Å²) in [4.78, 5) is 22.1. The second-order valence-electron chi connectivity index (χ2n) is 10.3. The van der Waals surface area contributed by atoms with Crippen molar-refractivity contribution >= 4 is 11.9 Å². The van der Waals surface area contributed by atoms with Crippen LogP contribution in [0.5, 0.6) is 11.8 Å². The van der Waals surface area contributed by atoms with Gasteiger partial charge in [0.1, 0.15) is 36.2 Å². The average molecular weight is 603 g/mol. The van der Waals surface area contributed by atoms with Crippen LogP contribution in [0.25, 0.3) is 11.4 Å². The van der Waals surface area contributed by atoms with Gasteiger partial charge in [-0.3, -0.25) is 0 Å². The number of benzene rings is 2. The topological polar surface area (TPSA) is 169 Å². The molecule has 0 saturated carbocycles. The standard InChI is InChI=1S/C15H17FN2O4.C14H15FN2O4/c1-3-15(2,21)9-22-13-8-11(14(19)20)17-18(13)12-7-5-4-6-10(12)16;1-14(2,20)8-21-12-7-10(13(18)19)16-17(12)11-6-4-3-5-9(11)15/h4-8,21H,3,9H2,1-2H3,(H,19,20);3-7,20H,8H2,1-2H3,(H,18,19). The molecule has 0 saturated heterocycles. The molecule has 0 aliphatic carbocycles. The first-order valence-corrected chi connectivity index (χ1v) is 13.0. The fourth-order valence-corrected chi connectivity index (χ4v) is 3.32. The summed E-state index contributed by atoms with van der Waals surface area (Å²) in [6.07, 6.45) is 0.451. The van der Waals surface area contributed by atoms with Crippen LogP contribution in [0.2, 0.25) is 0 Å². The molecule has 230 valence electrons. The predicted molar refractivity (Wildman–Crippen MR) is 149 cm³/mol. The van der Waals surface area contributed by atoms with Crippen molar-refractivity contribution in [3.63, 3.8) is 0 Å². The highest BCUT2D eigenvalue weighted by molar-refractivity contribution is 5.86. The number of aromatic carboxylic acids is 2. The van der Waals surface area contributed by atoms with Crippen molar-refractivity contribution in [3.05, 3.63) is 83.7 Å². The molecule has 0 aliphatic heterocycles. The van der Waals surface area contributed by atoms with Crippen LogP contribution in [-0.2, 0) is 0 Å². The zero-order valence-corrected chi connectivity index (χ0v) is 23.9. The summed E-state index contributed by atoms with van der Waals surface area (Å²) >= 11 is 0.